The lowest BCUT2D eigenvalue weighted by Gasteiger charge is -2.38. The molecule has 124 valence electrons. The van der Waals surface area contributed by atoms with Gasteiger partial charge in [0.25, 0.3) is 5.91 Å². The van der Waals surface area contributed by atoms with Crippen molar-refractivity contribution in [3.05, 3.63) is 54.4 Å². The molecule has 2 aliphatic heterocycles. The maximum Gasteiger partial charge on any atom is 0.256 e. The fraction of sp³-hybridized carbons (Fsp3) is 0.389. The van der Waals surface area contributed by atoms with E-state index in [2.05, 4.69) is 9.97 Å². The van der Waals surface area contributed by atoms with Gasteiger partial charge >= 0.3 is 0 Å². The lowest BCUT2D eigenvalue weighted by atomic mass is 9.98. The van der Waals surface area contributed by atoms with Crippen molar-refractivity contribution in [1.82, 2.24) is 14.9 Å². The number of amides is 1. The van der Waals surface area contributed by atoms with Crippen LogP contribution in [0.3, 0.4) is 0 Å². The number of carbonyl (C=O) groups is 1. The van der Waals surface area contributed by atoms with E-state index in [9.17, 15) is 9.18 Å². The molecule has 0 aliphatic carbocycles. The van der Waals surface area contributed by atoms with Gasteiger partial charge in [-0.1, -0.05) is 0 Å². The van der Waals surface area contributed by atoms with Gasteiger partial charge in [-0.3, -0.25) is 14.8 Å². The highest BCUT2D eigenvalue weighted by molar-refractivity contribution is 5.94. The van der Waals surface area contributed by atoms with E-state index >= 15 is 0 Å². The second kappa shape index (κ2) is 6.19. The summed E-state index contributed by atoms with van der Waals surface area (Å²) in [6.07, 6.45) is 9.59. The van der Waals surface area contributed by atoms with Crippen LogP contribution in [0.4, 0.5) is 4.39 Å². The molecule has 2 saturated heterocycles. The van der Waals surface area contributed by atoms with Gasteiger partial charge in [0.05, 0.1) is 11.8 Å². The summed E-state index contributed by atoms with van der Waals surface area (Å²) in [7, 11) is 0. The SMILES string of the molecule is O=C(c1cncc(F)c1)N1C2CCC1CC(Oc1ccncc1)C2. The summed E-state index contributed by atoms with van der Waals surface area (Å²) in [5.74, 6) is 0.199. The molecule has 4 rings (SSSR count). The number of hydrogen-bond donors (Lipinski definition) is 0. The van der Waals surface area contributed by atoms with E-state index in [1.165, 1.54) is 12.3 Å². The predicted molar refractivity (Wildman–Crippen MR) is 85.1 cm³/mol. The zero-order valence-electron chi connectivity index (χ0n) is 13.1. The molecule has 0 spiro atoms. The number of aromatic nitrogens is 2. The molecule has 2 bridgehead atoms. The standard InChI is InChI=1S/C18H18FN3O2/c19-13-7-12(10-21-11-13)18(23)22-14-1-2-15(22)9-17(8-14)24-16-3-5-20-6-4-16/h3-7,10-11,14-15,17H,1-2,8-9H2. The van der Waals surface area contributed by atoms with Crippen molar-refractivity contribution in [2.24, 2.45) is 0 Å². The Bertz CT molecular complexity index is 726. The first-order valence-electron chi connectivity index (χ1n) is 8.20. The van der Waals surface area contributed by atoms with E-state index < -0.39 is 5.82 Å². The number of halogens is 1. The average molecular weight is 327 g/mol. The second-order valence-electron chi connectivity index (χ2n) is 6.38. The zero-order chi connectivity index (χ0) is 16.5. The topological polar surface area (TPSA) is 55.3 Å². The van der Waals surface area contributed by atoms with Crippen molar-refractivity contribution in [3.63, 3.8) is 0 Å². The summed E-state index contributed by atoms with van der Waals surface area (Å²) < 4.78 is 19.4. The van der Waals surface area contributed by atoms with Gasteiger partial charge in [0.2, 0.25) is 0 Å². The van der Waals surface area contributed by atoms with Gasteiger partial charge in [-0.15, -0.1) is 0 Å². The van der Waals surface area contributed by atoms with Crippen LogP contribution < -0.4 is 4.74 Å². The third-order valence-electron chi connectivity index (χ3n) is 4.83. The molecule has 2 aliphatic rings. The Labute approximate surface area is 139 Å². The summed E-state index contributed by atoms with van der Waals surface area (Å²) in [6.45, 7) is 0. The molecular formula is C18H18FN3O2. The molecule has 2 fully saturated rings. The summed E-state index contributed by atoms with van der Waals surface area (Å²) in [5, 5.41) is 0. The van der Waals surface area contributed by atoms with Crippen molar-refractivity contribution in [1.29, 1.82) is 0 Å². The minimum Gasteiger partial charge on any atom is -0.490 e. The number of fused-ring (bicyclic) bond motifs is 2. The third kappa shape index (κ3) is 2.84. The molecule has 0 aromatic carbocycles. The van der Waals surface area contributed by atoms with Gasteiger partial charge in [0.15, 0.2) is 0 Å². The lowest BCUT2D eigenvalue weighted by molar-refractivity contribution is 0.0358. The van der Waals surface area contributed by atoms with E-state index in [1.54, 1.807) is 12.4 Å². The van der Waals surface area contributed by atoms with Gasteiger partial charge in [-0.25, -0.2) is 4.39 Å². The van der Waals surface area contributed by atoms with Gasteiger partial charge in [-0.05, 0) is 31.0 Å². The smallest absolute Gasteiger partial charge is 0.256 e. The van der Waals surface area contributed by atoms with Crippen LogP contribution in [0.15, 0.2) is 43.0 Å². The number of hydrogen-bond acceptors (Lipinski definition) is 4. The highest BCUT2D eigenvalue weighted by atomic mass is 19.1. The predicted octanol–water partition coefficient (Wildman–Crippen LogP) is 2.83. The van der Waals surface area contributed by atoms with Gasteiger partial charge in [0, 0.05) is 43.5 Å². The Morgan fingerprint density at radius 3 is 2.50 bits per heavy atom. The molecule has 2 aromatic heterocycles. The van der Waals surface area contributed by atoms with Crippen LogP contribution in [-0.2, 0) is 0 Å². The quantitative estimate of drug-likeness (QED) is 0.870. The Morgan fingerprint density at radius 2 is 1.83 bits per heavy atom. The number of carbonyl (C=O) groups excluding carboxylic acids is 1. The largest absolute Gasteiger partial charge is 0.490 e. The van der Waals surface area contributed by atoms with E-state index in [4.69, 9.17) is 4.74 Å². The molecule has 5 nitrogen and oxygen atoms in total. The van der Waals surface area contributed by atoms with Crippen LogP contribution in [0.1, 0.15) is 36.0 Å². The molecule has 0 saturated carbocycles. The third-order valence-corrected chi connectivity index (χ3v) is 4.83. The molecule has 2 unspecified atom stereocenters. The van der Waals surface area contributed by atoms with Crippen LogP contribution in [0.5, 0.6) is 5.75 Å². The van der Waals surface area contributed by atoms with Gasteiger partial charge < -0.3 is 9.64 Å². The minimum absolute atomic E-state index is 0.0968. The van der Waals surface area contributed by atoms with Crippen LogP contribution in [-0.4, -0.2) is 39.0 Å². The summed E-state index contributed by atoms with van der Waals surface area (Å²) in [6, 6.07) is 5.24. The summed E-state index contributed by atoms with van der Waals surface area (Å²) in [4.78, 5) is 22.4. The lowest BCUT2D eigenvalue weighted by Crippen LogP contribution is -2.49. The normalized spacial score (nSPS) is 25.5. The summed E-state index contributed by atoms with van der Waals surface area (Å²) >= 11 is 0. The van der Waals surface area contributed by atoms with Crippen LogP contribution in [0.2, 0.25) is 0 Å². The van der Waals surface area contributed by atoms with Crippen molar-refractivity contribution in [2.75, 3.05) is 0 Å². The van der Waals surface area contributed by atoms with E-state index in [0.717, 1.165) is 37.6 Å². The molecule has 2 atom stereocenters. The monoisotopic (exact) mass is 327 g/mol. The first kappa shape index (κ1) is 15.1. The Kier molecular flexibility index (Phi) is 3.88. The molecule has 0 N–H and O–H groups in total. The molecule has 1 amide bonds. The van der Waals surface area contributed by atoms with Crippen LogP contribution in [0, 0.1) is 5.82 Å². The van der Waals surface area contributed by atoms with Gasteiger partial charge in [-0.2, -0.15) is 0 Å². The number of nitrogens with zero attached hydrogens (tertiary/aromatic N) is 3. The number of piperidine rings is 1. The Hall–Kier alpha value is -2.50. The average Bonchev–Trinajstić information content (AvgIpc) is 2.86. The van der Waals surface area contributed by atoms with Crippen molar-refractivity contribution < 1.29 is 13.9 Å². The van der Waals surface area contributed by atoms with Crippen molar-refractivity contribution >= 4 is 5.91 Å². The molecule has 2 aromatic rings. The van der Waals surface area contributed by atoms with Crippen LogP contribution in [0.25, 0.3) is 0 Å². The molecule has 6 heteroatoms. The maximum absolute atomic E-state index is 13.4. The highest BCUT2D eigenvalue weighted by Crippen LogP contribution is 2.38. The molecular weight excluding hydrogens is 309 g/mol. The Balaban J connectivity index is 1.48. The van der Waals surface area contributed by atoms with Crippen molar-refractivity contribution in [3.8, 4) is 5.75 Å². The molecule has 24 heavy (non-hydrogen) atoms. The number of ether oxygens (including phenoxy) is 1. The second-order valence-corrected chi connectivity index (χ2v) is 6.38. The number of pyridine rings is 2. The fourth-order valence-corrected chi connectivity index (χ4v) is 3.84. The first-order chi connectivity index (χ1) is 11.7. The fourth-order valence-electron chi connectivity index (χ4n) is 3.84. The zero-order valence-corrected chi connectivity index (χ0v) is 13.1. The van der Waals surface area contributed by atoms with E-state index in [1.807, 2.05) is 17.0 Å². The maximum atomic E-state index is 13.4. The van der Waals surface area contributed by atoms with E-state index in [-0.39, 0.29) is 24.1 Å². The van der Waals surface area contributed by atoms with E-state index in [0.29, 0.717) is 5.56 Å². The summed E-state index contributed by atoms with van der Waals surface area (Å²) in [5.41, 5.74) is 0.320. The minimum atomic E-state index is -0.482. The molecule has 0 radical (unpaired) electrons. The van der Waals surface area contributed by atoms with Crippen molar-refractivity contribution in [2.45, 2.75) is 43.9 Å². The van der Waals surface area contributed by atoms with Crippen LogP contribution >= 0.6 is 0 Å². The van der Waals surface area contributed by atoms with Gasteiger partial charge in [0.1, 0.15) is 17.7 Å². The Morgan fingerprint density at radius 1 is 1.12 bits per heavy atom. The highest BCUT2D eigenvalue weighted by Gasteiger charge is 2.44. The number of rotatable bonds is 3. The molecule has 4 heterocycles. The first-order valence-corrected chi connectivity index (χ1v) is 8.20.